The van der Waals surface area contributed by atoms with E-state index in [4.69, 9.17) is 0 Å². The number of aryl methyl sites for hydroxylation is 1. The van der Waals surface area contributed by atoms with Gasteiger partial charge in [0.1, 0.15) is 5.82 Å². The van der Waals surface area contributed by atoms with Gasteiger partial charge in [-0.05, 0) is 56.5 Å². The molecule has 1 aliphatic heterocycles. The number of hydrogen-bond acceptors (Lipinski definition) is 2. The van der Waals surface area contributed by atoms with Crippen molar-refractivity contribution in [1.29, 1.82) is 0 Å². The summed E-state index contributed by atoms with van der Waals surface area (Å²) in [5, 5.41) is 3.29. The topological polar surface area (TPSA) is 29.1 Å². The number of rotatable bonds is 3. The van der Waals surface area contributed by atoms with Crippen molar-refractivity contribution in [3.05, 3.63) is 35.1 Å². The van der Waals surface area contributed by atoms with E-state index in [1.807, 2.05) is 6.92 Å². The summed E-state index contributed by atoms with van der Waals surface area (Å²) in [7, 11) is 0. The molecule has 1 N–H and O–H groups in total. The van der Waals surface area contributed by atoms with Crippen LogP contribution in [0.1, 0.15) is 35.2 Å². The van der Waals surface area contributed by atoms with Gasteiger partial charge in [0.25, 0.3) is 0 Å². The second-order valence-electron chi connectivity index (χ2n) is 4.80. The van der Waals surface area contributed by atoms with E-state index in [1.54, 1.807) is 6.07 Å². The van der Waals surface area contributed by atoms with Crippen LogP contribution in [0.15, 0.2) is 18.2 Å². The van der Waals surface area contributed by atoms with Gasteiger partial charge in [0.2, 0.25) is 0 Å². The minimum atomic E-state index is -0.333. The van der Waals surface area contributed by atoms with E-state index < -0.39 is 0 Å². The second-order valence-corrected chi connectivity index (χ2v) is 4.80. The third kappa shape index (κ3) is 3.13. The zero-order valence-electron chi connectivity index (χ0n) is 10.1. The Balaban J connectivity index is 2.05. The first kappa shape index (κ1) is 12.2. The highest BCUT2D eigenvalue weighted by Crippen LogP contribution is 2.19. The predicted octanol–water partition coefficient (Wildman–Crippen LogP) is 2.71. The van der Waals surface area contributed by atoms with Crippen LogP contribution in [-0.4, -0.2) is 18.9 Å². The van der Waals surface area contributed by atoms with Crippen molar-refractivity contribution in [3.8, 4) is 0 Å². The molecule has 1 fully saturated rings. The lowest BCUT2D eigenvalue weighted by Crippen LogP contribution is -2.31. The lowest BCUT2D eigenvalue weighted by Gasteiger charge is -2.22. The molecule has 0 spiro atoms. The van der Waals surface area contributed by atoms with E-state index in [2.05, 4.69) is 5.32 Å². The Morgan fingerprint density at radius 2 is 2.35 bits per heavy atom. The summed E-state index contributed by atoms with van der Waals surface area (Å²) >= 11 is 0. The van der Waals surface area contributed by atoms with Crippen LogP contribution in [0.5, 0.6) is 0 Å². The molecule has 17 heavy (non-hydrogen) atoms. The summed E-state index contributed by atoms with van der Waals surface area (Å²) in [6.45, 7) is 3.80. The van der Waals surface area contributed by atoms with Crippen molar-refractivity contribution in [2.24, 2.45) is 5.92 Å². The fraction of sp³-hybridized carbons (Fsp3) is 0.500. The van der Waals surface area contributed by atoms with Gasteiger partial charge >= 0.3 is 0 Å². The first-order valence-electron chi connectivity index (χ1n) is 6.17. The van der Waals surface area contributed by atoms with Gasteiger partial charge in [-0.1, -0.05) is 6.07 Å². The Bertz CT molecular complexity index is 411. The van der Waals surface area contributed by atoms with E-state index in [-0.39, 0.29) is 11.6 Å². The summed E-state index contributed by atoms with van der Waals surface area (Å²) in [5.41, 5.74) is 1.40. The maximum Gasteiger partial charge on any atom is 0.163 e. The average molecular weight is 235 g/mol. The van der Waals surface area contributed by atoms with Crippen LogP contribution in [-0.2, 0) is 0 Å². The number of Topliss-reactive ketones (excluding diaryl/α,β-unsaturated/α-hetero) is 1. The van der Waals surface area contributed by atoms with E-state index in [0.29, 0.717) is 17.9 Å². The summed E-state index contributed by atoms with van der Waals surface area (Å²) in [6, 6.07) is 4.42. The first-order chi connectivity index (χ1) is 8.16. The van der Waals surface area contributed by atoms with Gasteiger partial charge in [0, 0.05) is 12.0 Å². The molecule has 92 valence electrons. The Morgan fingerprint density at radius 3 is 3.06 bits per heavy atom. The third-order valence-electron chi connectivity index (χ3n) is 3.37. The second kappa shape index (κ2) is 5.41. The number of nitrogens with one attached hydrogen (secondary N) is 1. The first-order valence-corrected chi connectivity index (χ1v) is 6.17. The summed E-state index contributed by atoms with van der Waals surface area (Å²) < 4.78 is 13.1. The number of ketones is 1. The summed E-state index contributed by atoms with van der Waals surface area (Å²) in [5.74, 6) is 0.135. The van der Waals surface area contributed by atoms with E-state index >= 15 is 0 Å². The van der Waals surface area contributed by atoms with E-state index in [1.165, 1.54) is 12.1 Å². The van der Waals surface area contributed by atoms with Gasteiger partial charge in [-0.15, -0.1) is 0 Å². The molecule has 3 heteroatoms. The van der Waals surface area contributed by atoms with Gasteiger partial charge in [-0.3, -0.25) is 4.79 Å². The predicted molar refractivity (Wildman–Crippen MR) is 65.7 cm³/mol. The Hall–Kier alpha value is -1.22. The van der Waals surface area contributed by atoms with Gasteiger partial charge in [-0.25, -0.2) is 4.39 Å². The highest BCUT2D eigenvalue weighted by Gasteiger charge is 2.19. The number of carbonyl (C=O) groups is 1. The number of piperidine rings is 1. The van der Waals surface area contributed by atoms with E-state index in [9.17, 15) is 9.18 Å². The van der Waals surface area contributed by atoms with Crippen LogP contribution in [0, 0.1) is 18.7 Å². The minimum absolute atomic E-state index is 0.0655. The van der Waals surface area contributed by atoms with Crippen LogP contribution in [0.4, 0.5) is 4.39 Å². The smallest absolute Gasteiger partial charge is 0.163 e. The molecule has 1 aromatic rings. The van der Waals surface area contributed by atoms with Crippen molar-refractivity contribution >= 4 is 5.78 Å². The number of benzene rings is 1. The van der Waals surface area contributed by atoms with Crippen LogP contribution in [0.2, 0.25) is 0 Å². The lowest BCUT2D eigenvalue weighted by atomic mass is 9.91. The largest absolute Gasteiger partial charge is 0.316 e. The van der Waals surface area contributed by atoms with Crippen LogP contribution >= 0.6 is 0 Å². The van der Waals surface area contributed by atoms with E-state index in [0.717, 1.165) is 31.5 Å². The molecule has 2 nitrogen and oxygen atoms in total. The number of halogens is 1. The normalized spacial score (nSPS) is 20.2. The maximum atomic E-state index is 13.1. The molecule has 1 aliphatic rings. The zero-order chi connectivity index (χ0) is 12.3. The zero-order valence-corrected chi connectivity index (χ0v) is 10.1. The molecule has 1 unspecified atom stereocenters. The Morgan fingerprint density at radius 1 is 1.53 bits per heavy atom. The van der Waals surface area contributed by atoms with Gasteiger partial charge in [0.15, 0.2) is 5.78 Å². The molecular formula is C14H18FNO. The molecular weight excluding hydrogens is 217 g/mol. The molecule has 0 bridgehead atoms. The third-order valence-corrected chi connectivity index (χ3v) is 3.37. The fourth-order valence-electron chi connectivity index (χ4n) is 2.36. The van der Waals surface area contributed by atoms with Crippen LogP contribution in [0.3, 0.4) is 0 Å². The quantitative estimate of drug-likeness (QED) is 0.816. The van der Waals surface area contributed by atoms with Crippen molar-refractivity contribution in [2.75, 3.05) is 13.1 Å². The van der Waals surface area contributed by atoms with Crippen LogP contribution in [0.25, 0.3) is 0 Å². The van der Waals surface area contributed by atoms with Gasteiger partial charge in [-0.2, -0.15) is 0 Å². The average Bonchev–Trinajstić information content (AvgIpc) is 2.33. The Labute approximate surface area is 101 Å². The molecule has 1 saturated heterocycles. The highest BCUT2D eigenvalue weighted by atomic mass is 19.1. The monoisotopic (exact) mass is 235 g/mol. The lowest BCUT2D eigenvalue weighted by molar-refractivity contribution is 0.0953. The van der Waals surface area contributed by atoms with Crippen molar-refractivity contribution < 1.29 is 9.18 Å². The SMILES string of the molecule is Cc1ccc(F)cc1C(=O)CC1CCCNC1. The van der Waals surface area contributed by atoms with Crippen molar-refractivity contribution in [1.82, 2.24) is 5.32 Å². The van der Waals surface area contributed by atoms with Crippen molar-refractivity contribution in [2.45, 2.75) is 26.2 Å². The molecule has 0 aliphatic carbocycles. The molecule has 1 aromatic carbocycles. The van der Waals surface area contributed by atoms with Crippen LogP contribution < -0.4 is 5.32 Å². The molecule has 1 heterocycles. The fourth-order valence-corrected chi connectivity index (χ4v) is 2.36. The molecule has 0 aromatic heterocycles. The highest BCUT2D eigenvalue weighted by molar-refractivity contribution is 5.97. The molecule has 1 atom stereocenters. The van der Waals surface area contributed by atoms with Gasteiger partial charge in [0.05, 0.1) is 0 Å². The molecule has 0 saturated carbocycles. The number of hydrogen-bond donors (Lipinski definition) is 1. The molecule has 2 rings (SSSR count). The van der Waals surface area contributed by atoms with Crippen molar-refractivity contribution in [3.63, 3.8) is 0 Å². The molecule has 0 amide bonds. The maximum absolute atomic E-state index is 13.1. The van der Waals surface area contributed by atoms with Gasteiger partial charge < -0.3 is 5.32 Å². The summed E-state index contributed by atoms with van der Waals surface area (Å²) in [4.78, 5) is 12.1. The standard InChI is InChI=1S/C14H18FNO/c1-10-4-5-12(15)8-13(10)14(17)7-11-3-2-6-16-9-11/h4-5,8,11,16H,2-3,6-7,9H2,1H3. The Kier molecular flexibility index (Phi) is 3.89. The molecule has 0 radical (unpaired) electrons. The number of carbonyl (C=O) groups excluding carboxylic acids is 1. The summed E-state index contributed by atoms with van der Waals surface area (Å²) in [6.07, 6.45) is 2.74. The minimum Gasteiger partial charge on any atom is -0.316 e.